The fraction of sp³-hybridized carbons (Fsp3) is 0.118. The van der Waals surface area contributed by atoms with Gasteiger partial charge in [0.25, 0.3) is 0 Å². The lowest BCUT2D eigenvalue weighted by molar-refractivity contribution is -0.111. The molecule has 5 heteroatoms. The summed E-state index contributed by atoms with van der Waals surface area (Å²) in [7, 11) is 0. The van der Waals surface area contributed by atoms with Gasteiger partial charge in [-0.15, -0.1) is 0 Å². The summed E-state index contributed by atoms with van der Waals surface area (Å²) in [5.74, 6) is 5.60. The van der Waals surface area contributed by atoms with E-state index in [0.29, 0.717) is 12.1 Å². The van der Waals surface area contributed by atoms with Crippen LogP contribution in [0.15, 0.2) is 60.8 Å². The van der Waals surface area contributed by atoms with Crippen molar-refractivity contribution in [3.05, 3.63) is 77.7 Å². The van der Waals surface area contributed by atoms with Crippen LogP contribution in [0.1, 0.15) is 11.1 Å². The zero-order valence-electron chi connectivity index (χ0n) is 12.0. The Morgan fingerprint density at radius 2 is 1.77 bits per heavy atom. The maximum absolute atomic E-state index is 12.9. The number of halogens is 1. The van der Waals surface area contributed by atoms with E-state index >= 15 is 0 Å². The molecule has 0 aliphatic carbocycles. The number of nitrogens with zero attached hydrogens (tertiary/aromatic N) is 1. The average molecular weight is 299 g/mol. The van der Waals surface area contributed by atoms with Crippen molar-refractivity contribution >= 4 is 12.0 Å². The van der Waals surface area contributed by atoms with Gasteiger partial charge in [0.15, 0.2) is 0 Å². The van der Waals surface area contributed by atoms with Crippen molar-refractivity contribution < 1.29 is 9.18 Å². The van der Waals surface area contributed by atoms with Crippen LogP contribution in [0.3, 0.4) is 0 Å². The Balaban J connectivity index is 2.10. The molecule has 4 nitrogen and oxygen atoms in total. The third-order valence-electron chi connectivity index (χ3n) is 3.29. The second-order valence-electron chi connectivity index (χ2n) is 4.93. The normalized spacial score (nSPS) is 12.7. The molecule has 0 aliphatic heterocycles. The van der Waals surface area contributed by atoms with E-state index in [2.05, 4.69) is 0 Å². The van der Waals surface area contributed by atoms with Crippen LogP contribution < -0.4 is 11.6 Å². The molecule has 0 radical (unpaired) electrons. The van der Waals surface area contributed by atoms with Crippen LogP contribution in [-0.4, -0.2) is 17.3 Å². The molecule has 2 rings (SSSR count). The van der Waals surface area contributed by atoms with Crippen LogP contribution in [0.25, 0.3) is 5.70 Å². The van der Waals surface area contributed by atoms with Crippen molar-refractivity contribution in [3.8, 4) is 0 Å². The molecule has 2 aromatic carbocycles. The molecular formula is C17H18FN3O. The predicted molar refractivity (Wildman–Crippen MR) is 84.6 cm³/mol. The lowest BCUT2D eigenvalue weighted by atomic mass is 10.1. The molecule has 0 amide bonds. The Labute approximate surface area is 128 Å². The first-order chi connectivity index (χ1) is 10.6. The number of carbonyl (C=O) groups is 1. The van der Waals surface area contributed by atoms with Gasteiger partial charge in [-0.2, -0.15) is 0 Å². The predicted octanol–water partition coefficient (Wildman–Crippen LogP) is 2.07. The number of hydrogen-bond acceptors (Lipinski definition) is 4. The van der Waals surface area contributed by atoms with Crippen LogP contribution in [0, 0.1) is 5.82 Å². The molecule has 0 bridgehead atoms. The van der Waals surface area contributed by atoms with Crippen molar-refractivity contribution in [3.63, 3.8) is 0 Å². The van der Waals surface area contributed by atoms with Crippen LogP contribution >= 0.6 is 0 Å². The molecule has 0 heterocycles. The first kappa shape index (κ1) is 15.7. The highest BCUT2D eigenvalue weighted by atomic mass is 19.1. The van der Waals surface area contributed by atoms with E-state index in [9.17, 15) is 9.18 Å². The molecule has 0 aliphatic rings. The van der Waals surface area contributed by atoms with Gasteiger partial charge in [0.2, 0.25) is 0 Å². The zero-order chi connectivity index (χ0) is 15.9. The first-order valence-electron chi connectivity index (χ1n) is 6.85. The van der Waals surface area contributed by atoms with Crippen LogP contribution in [0.5, 0.6) is 0 Å². The van der Waals surface area contributed by atoms with E-state index in [4.69, 9.17) is 11.6 Å². The topological polar surface area (TPSA) is 72.3 Å². The van der Waals surface area contributed by atoms with Crippen LogP contribution in [0.2, 0.25) is 0 Å². The molecule has 22 heavy (non-hydrogen) atoms. The molecule has 0 fully saturated rings. The average Bonchev–Trinajstić information content (AvgIpc) is 2.55. The summed E-state index contributed by atoms with van der Waals surface area (Å²) in [4.78, 5) is 11.3. The number of benzene rings is 2. The highest BCUT2D eigenvalue weighted by molar-refractivity contribution is 5.64. The van der Waals surface area contributed by atoms with Gasteiger partial charge in [-0.25, -0.2) is 10.2 Å². The molecule has 4 N–H and O–H groups in total. The molecule has 0 aromatic heterocycles. The summed E-state index contributed by atoms with van der Waals surface area (Å²) in [6.45, 7) is 0. The van der Waals surface area contributed by atoms with Crippen molar-refractivity contribution in [2.75, 3.05) is 0 Å². The van der Waals surface area contributed by atoms with E-state index in [-0.39, 0.29) is 5.82 Å². The standard InChI is InChI=1S/C17H18FN3O/c18-15-8-6-13(7-9-15)10-16(12-22)21(20)11-17(19)14-4-2-1-3-5-14/h1-9,11-12,16H,10,19-20H2/b17-11-. The summed E-state index contributed by atoms with van der Waals surface area (Å²) in [6, 6.07) is 14.7. The minimum absolute atomic E-state index is 0.316. The molecule has 0 saturated carbocycles. The Morgan fingerprint density at radius 1 is 1.14 bits per heavy atom. The second kappa shape index (κ2) is 7.38. The van der Waals surface area contributed by atoms with Crippen molar-refractivity contribution in [2.24, 2.45) is 11.6 Å². The van der Waals surface area contributed by atoms with Crippen molar-refractivity contribution in [2.45, 2.75) is 12.5 Å². The van der Waals surface area contributed by atoms with Crippen molar-refractivity contribution in [1.82, 2.24) is 5.01 Å². The number of hydrazine groups is 1. The van der Waals surface area contributed by atoms with E-state index in [1.165, 1.54) is 23.3 Å². The van der Waals surface area contributed by atoms with Gasteiger partial charge in [-0.1, -0.05) is 42.5 Å². The molecule has 1 atom stereocenters. The number of nitrogens with two attached hydrogens (primary N) is 2. The van der Waals surface area contributed by atoms with Gasteiger partial charge in [0, 0.05) is 12.6 Å². The molecule has 114 valence electrons. The van der Waals surface area contributed by atoms with Gasteiger partial charge >= 0.3 is 0 Å². The fourth-order valence-electron chi connectivity index (χ4n) is 2.05. The SMILES string of the molecule is N/C(=C\N(N)C(C=O)Cc1ccc(F)cc1)c1ccccc1. The van der Waals surface area contributed by atoms with Gasteiger partial charge < -0.3 is 15.5 Å². The molecule has 1 unspecified atom stereocenters. The van der Waals surface area contributed by atoms with Gasteiger partial charge in [-0.05, 0) is 23.3 Å². The molecule has 0 saturated heterocycles. The first-order valence-corrected chi connectivity index (χ1v) is 6.85. The summed E-state index contributed by atoms with van der Waals surface area (Å²) in [5.41, 5.74) is 8.09. The number of aldehydes is 1. The minimum atomic E-state index is -0.576. The molecular weight excluding hydrogens is 281 g/mol. The van der Waals surface area contributed by atoms with E-state index < -0.39 is 6.04 Å². The monoisotopic (exact) mass is 299 g/mol. The summed E-state index contributed by atoms with van der Waals surface area (Å²) in [5, 5.41) is 1.28. The third kappa shape index (κ3) is 4.17. The number of carbonyl (C=O) groups excluding carboxylic acids is 1. The van der Waals surface area contributed by atoms with Gasteiger partial charge in [-0.3, -0.25) is 0 Å². The van der Waals surface area contributed by atoms with Gasteiger partial charge in [0.05, 0.1) is 5.70 Å². The lowest BCUT2D eigenvalue weighted by Gasteiger charge is -2.22. The molecule has 0 spiro atoms. The smallest absolute Gasteiger partial charge is 0.144 e. The van der Waals surface area contributed by atoms with Gasteiger partial charge in [0.1, 0.15) is 18.1 Å². The highest BCUT2D eigenvalue weighted by Crippen LogP contribution is 2.11. The summed E-state index contributed by atoms with van der Waals surface area (Å²) < 4.78 is 12.9. The van der Waals surface area contributed by atoms with E-state index in [1.807, 2.05) is 30.3 Å². The number of hydrogen-bond donors (Lipinski definition) is 2. The molecule has 2 aromatic rings. The Bertz CT molecular complexity index is 641. The van der Waals surface area contributed by atoms with E-state index in [1.54, 1.807) is 12.1 Å². The third-order valence-corrected chi connectivity index (χ3v) is 3.29. The quantitative estimate of drug-likeness (QED) is 0.486. The lowest BCUT2D eigenvalue weighted by Crippen LogP contribution is -2.39. The van der Waals surface area contributed by atoms with Crippen LogP contribution in [-0.2, 0) is 11.2 Å². The largest absolute Gasteiger partial charge is 0.397 e. The zero-order valence-corrected chi connectivity index (χ0v) is 12.0. The second-order valence-corrected chi connectivity index (χ2v) is 4.93. The van der Waals surface area contributed by atoms with Crippen molar-refractivity contribution in [1.29, 1.82) is 0 Å². The maximum atomic E-state index is 12.9. The Morgan fingerprint density at radius 3 is 2.36 bits per heavy atom. The van der Waals surface area contributed by atoms with E-state index in [0.717, 1.165) is 17.4 Å². The Hall–Kier alpha value is -2.66. The highest BCUT2D eigenvalue weighted by Gasteiger charge is 2.13. The maximum Gasteiger partial charge on any atom is 0.144 e. The summed E-state index contributed by atoms with van der Waals surface area (Å²) in [6.07, 6.45) is 2.65. The minimum Gasteiger partial charge on any atom is -0.397 e. The summed E-state index contributed by atoms with van der Waals surface area (Å²) >= 11 is 0. The van der Waals surface area contributed by atoms with Crippen LogP contribution in [0.4, 0.5) is 4.39 Å². The number of rotatable bonds is 6. The fourth-order valence-corrected chi connectivity index (χ4v) is 2.05. The Kier molecular flexibility index (Phi) is 5.27.